The molecule has 0 aromatic carbocycles. The van der Waals surface area contributed by atoms with E-state index in [0.29, 0.717) is 0 Å². The quantitative estimate of drug-likeness (QED) is 0.432. The second kappa shape index (κ2) is 4.15. The third kappa shape index (κ3) is 2.26. The summed E-state index contributed by atoms with van der Waals surface area (Å²) in [5, 5.41) is 0. The van der Waals surface area contributed by atoms with Gasteiger partial charge in [-0.3, -0.25) is 0 Å². The van der Waals surface area contributed by atoms with E-state index in [-0.39, 0.29) is 0 Å². The molecular weight excluding hydrogens is 124 g/mol. The van der Waals surface area contributed by atoms with Gasteiger partial charge in [0.1, 0.15) is 0 Å². The molecule has 0 saturated heterocycles. The second-order valence-corrected chi connectivity index (χ2v) is 2.34. The van der Waals surface area contributed by atoms with Gasteiger partial charge in [-0.05, 0) is 31.4 Å². The van der Waals surface area contributed by atoms with E-state index in [1.165, 1.54) is 5.57 Å². The lowest BCUT2D eigenvalue weighted by Gasteiger charge is -2.06. The van der Waals surface area contributed by atoms with E-state index in [2.05, 4.69) is 13.5 Å². The molecule has 0 radical (unpaired) electrons. The highest BCUT2D eigenvalue weighted by molar-refractivity contribution is 5.27. The Bertz CT molecular complexity index is 154. The normalized spacial score (nSPS) is 12.4. The molecule has 0 N–H and O–H groups in total. The smallest absolute Gasteiger partial charge is 0.0956 e. The monoisotopic (exact) mass is 140 g/mol. The fourth-order valence-corrected chi connectivity index (χ4v) is 0.667. The van der Waals surface area contributed by atoms with Gasteiger partial charge in [-0.25, -0.2) is 0 Å². The van der Waals surface area contributed by atoms with Crippen LogP contribution in [0.2, 0.25) is 0 Å². The van der Waals surface area contributed by atoms with E-state index >= 15 is 0 Å². The number of rotatable bonds is 3. The summed E-state index contributed by atoms with van der Waals surface area (Å²) in [4.78, 5) is 0. The molecule has 0 aliphatic heterocycles. The molecule has 0 heterocycles. The average molecular weight is 140 g/mol. The Labute approximate surface area is 63.4 Å². The van der Waals surface area contributed by atoms with Crippen LogP contribution in [0.4, 0.5) is 0 Å². The van der Waals surface area contributed by atoms with E-state index in [9.17, 15) is 0 Å². The predicted octanol–water partition coefficient (Wildman–Crippen LogP) is 2.89. The Morgan fingerprint density at radius 2 is 1.90 bits per heavy atom. The minimum atomic E-state index is 0.965. The van der Waals surface area contributed by atoms with Crippen molar-refractivity contribution < 1.29 is 4.74 Å². The lowest BCUT2D eigenvalue weighted by Crippen LogP contribution is -1.89. The van der Waals surface area contributed by atoms with Gasteiger partial charge in [-0.15, -0.1) is 0 Å². The Hall–Kier alpha value is -0.720. The van der Waals surface area contributed by atoms with Crippen LogP contribution in [0.15, 0.2) is 23.5 Å². The summed E-state index contributed by atoms with van der Waals surface area (Å²) in [6.45, 7) is 9.98. The molecule has 0 aromatic heterocycles. The third-order valence-corrected chi connectivity index (χ3v) is 1.79. The molecule has 1 heteroatoms. The number of methoxy groups -OCH3 is 1. The van der Waals surface area contributed by atoms with Crippen LogP contribution in [0.5, 0.6) is 0 Å². The lowest BCUT2D eigenvalue weighted by molar-refractivity contribution is 0.289. The number of hydrogen-bond donors (Lipinski definition) is 0. The van der Waals surface area contributed by atoms with Crippen molar-refractivity contribution in [2.45, 2.75) is 27.2 Å². The molecule has 0 unspecified atom stereocenters. The first kappa shape index (κ1) is 9.28. The summed E-state index contributed by atoms with van der Waals surface area (Å²) in [5.74, 6) is 0.965. The van der Waals surface area contributed by atoms with Crippen LogP contribution in [0.25, 0.3) is 0 Å². The van der Waals surface area contributed by atoms with Gasteiger partial charge >= 0.3 is 0 Å². The van der Waals surface area contributed by atoms with Gasteiger partial charge in [0.25, 0.3) is 0 Å². The standard InChI is InChI=1S/C9H16O/c1-6-7(2)8(3)9(4)10-5/h2,6H2,1,3-5H3/b9-8+. The first-order valence-corrected chi connectivity index (χ1v) is 3.53. The molecule has 0 fully saturated rings. The maximum Gasteiger partial charge on any atom is 0.0956 e. The summed E-state index contributed by atoms with van der Waals surface area (Å²) in [7, 11) is 1.68. The SMILES string of the molecule is C=C(CC)/C(C)=C(\C)OC. The zero-order valence-corrected chi connectivity index (χ0v) is 7.32. The highest BCUT2D eigenvalue weighted by atomic mass is 16.5. The van der Waals surface area contributed by atoms with Crippen molar-refractivity contribution in [3.63, 3.8) is 0 Å². The maximum atomic E-state index is 5.05. The minimum Gasteiger partial charge on any atom is -0.501 e. The first-order valence-electron chi connectivity index (χ1n) is 3.53. The molecule has 58 valence electrons. The van der Waals surface area contributed by atoms with Crippen LogP contribution in [-0.2, 0) is 4.74 Å². The van der Waals surface area contributed by atoms with Gasteiger partial charge in [0.15, 0.2) is 0 Å². The van der Waals surface area contributed by atoms with Crippen LogP contribution < -0.4 is 0 Å². The Morgan fingerprint density at radius 1 is 1.40 bits per heavy atom. The molecule has 10 heavy (non-hydrogen) atoms. The van der Waals surface area contributed by atoms with E-state index in [1.807, 2.05) is 13.8 Å². The Morgan fingerprint density at radius 3 is 2.20 bits per heavy atom. The summed E-state index contributed by atoms with van der Waals surface area (Å²) >= 11 is 0. The van der Waals surface area contributed by atoms with Gasteiger partial charge in [0.2, 0.25) is 0 Å². The Kier molecular flexibility index (Phi) is 3.85. The fourth-order valence-electron chi connectivity index (χ4n) is 0.667. The van der Waals surface area contributed by atoms with Crippen molar-refractivity contribution in [1.82, 2.24) is 0 Å². The van der Waals surface area contributed by atoms with Crippen molar-refractivity contribution in [2.24, 2.45) is 0 Å². The largest absolute Gasteiger partial charge is 0.501 e. The lowest BCUT2D eigenvalue weighted by atomic mass is 10.1. The van der Waals surface area contributed by atoms with Gasteiger partial charge < -0.3 is 4.74 Å². The first-order chi connectivity index (χ1) is 4.63. The summed E-state index contributed by atoms with van der Waals surface area (Å²) in [6.07, 6.45) is 0.993. The average Bonchev–Trinajstić information content (AvgIpc) is 2.00. The van der Waals surface area contributed by atoms with Gasteiger partial charge in [-0.2, -0.15) is 0 Å². The maximum absolute atomic E-state index is 5.05. The highest BCUT2D eigenvalue weighted by Crippen LogP contribution is 2.14. The molecule has 0 aliphatic carbocycles. The molecule has 0 bridgehead atoms. The van der Waals surface area contributed by atoms with Crippen molar-refractivity contribution in [1.29, 1.82) is 0 Å². The second-order valence-electron chi connectivity index (χ2n) is 2.34. The number of ether oxygens (including phenoxy) is 1. The van der Waals surface area contributed by atoms with Crippen LogP contribution >= 0.6 is 0 Å². The van der Waals surface area contributed by atoms with Crippen molar-refractivity contribution in [3.8, 4) is 0 Å². The highest BCUT2D eigenvalue weighted by Gasteiger charge is 1.98. The fraction of sp³-hybridized carbons (Fsp3) is 0.556. The molecular formula is C9H16O. The third-order valence-electron chi connectivity index (χ3n) is 1.79. The van der Waals surface area contributed by atoms with E-state index < -0.39 is 0 Å². The summed E-state index contributed by atoms with van der Waals surface area (Å²) in [6, 6.07) is 0. The van der Waals surface area contributed by atoms with Crippen LogP contribution in [0.1, 0.15) is 27.2 Å². The van der Waals surface area contributed by atoms with E-state index in [0.717, 1.165) is 17.8 Å². The molecule has 0 atom stereocenters. The van der Waals surface area contributed by atoms with Gasteiger partial charge in [0, 0.05) is 0 Å². The minimum absolute atomic E-state index is 0.965. The molecule has 0 spiro atoms. The van der Waals surface area contributed by atoms with E-state index in [1.54, 1.807) is 7.11 Å². The van der Waals surface area contributed by atoms with Crippen LogP contribution in [-0.4, -0.2) is 7.11 Å². The topological polar surface area (TPSA) is 9.23 Å². The molecule has 0 rings (SSSR count). The van der Waals surface area contributed by atoms with Crippen LogP contribution in [0.3, 0.4) is 0 Å². The zero-order valence-electron chi connectivity index (χ0n) is 7.32. The number of allylic oxidation sites excluding steroid dienone is 3. The molecule has 0 amide bonds. The van der Waals surface area contributed by atoms with E-state index in [4.69, 9.17) is 4.74 Å². The van der Waals surface area contributed by atoms with Crippen molar-refractivity contribution >= 4 is 0 Å². The number of hydrogen-bond acceptors (Lipinski definition) is 1. The van der Waals surface area contributed by atoms with Crippen molar-refractivity contribution in [2.75, 3.05) is 7.11 Å². The molecule has 0 aliphatic rings. The van der Waals surface area contributed by atoms with Crippen molar-refractivity contribution in [3.05, 3.63) is 23.5 Å². The Balaban J connectivity index is 4.30. The van der Waals surface area contributed by atoms with Gasteiger partial charge in [-0.1, -0.05) is 13.5 Å². The summed E-state index contributed by atoms with van der Waals surface area (Å²) in [5.41, 5.74) is 2.32. The van der Waals surface area contributed by atoms with Crippen LogP contribution in [0, 0.1) is 0 Å². The molecule has 1 nitrogen and oxygen atoms in total. The summed E-state index contributed by atoms with van der Waals surface area (Å²) < 4.78 is 5.05. The molecule has 0 aromatic rings. The predicted molar refractivity (Wildman–Crippen MR) is 44.8 cm³/mol. The van der Waals surface area contributed by atoms with Gasteiger partial charge in [0.05, 0.1) is 12.9 Å². The molecule has 0 saturated carbocycles. The zero-order chi connectivity index (χ0) is 8.15.